The van der Waals surface area contributed by atoms with Crippen molar-refractivity contribution in [3.8, 4) is 11.5 Å². The molecule has 0 fully saturated rings. The Bertz CT molecular complexity index is 821. The molecular formula is C20H26N6O2S2. The normalized spacial score (nSPS) is 10.9. The molecule has 0 aliphatic rings. The quantitative estimate of drug-likeness (QED) is 0.304. The van der Waals surface area contributed by atoms with Crippen molar-refractivity contribution in [3.63, 3.8) is 0 Å². The first kappa shape index (κ1) is 24.8. The second-order valence-electron chi connectivity index (χ2n) is 5.80. The Kier molecular flexibility index (Phi) is 10.8. The summed E-state index contributed by atoms with van der Waals surface area (Å²) < 4.78 is 10.1. The van der Waals surface area contributed by atoms with Crippen LogP contribution in [0.4, 0.5) is 0 Å². The van der Waals surface area contributed by atoms with Crippen LogP contribution in [0.2, 0.25) is 0 Å². The van der Waals surface area contributed by atoms with Crippen LogP contribution in [0.25, 0.3) is 0 Å². The van der Waals surface area contributed by atoms with Gasteiger partial charge in [-0.3, -0.25) is 10.9 Å². The van der Waals surface area contributed by atoms with Gasteiger partial charge in [0.15, 0.2) is 10.2 Å². The predicted molar refractivity (Wildman–Crippen MR) is 130 cm³/mol. The fourth-order valence-corrected chi connectivity index (χ4v) is 2.16. The standard InChI is InChI=1S/2C10H13N3OS/c2*1-7(12-13-10(11)15)8-3-5-9(14-2)6-4-8/h2*3-6H,1-2H3,(H3,11,13,15)/b2*12-7+. The van der Waals surface area contributed by atoms with Gasteiger partial charge in [0.25, 0.3) is 0 Å². The van der Waals surface area contributed by atoms with Gasteiger partial charge in [-0.25, -0.2) is 0 Å². The second kappa shape index (κ2) is 13.1. The van der Waals surface area contributed by atoms with Crippen molar-refractivity contribution >= 4 is 46.1 Å². The molecule has 0 aromatic heterocycles. The van der Waals surface area contributed by atoms with Gasteiger partial charge < -0.3 is 20.9 Å². The summed E-state index contributed by atoms with van der Waals surface area (Å²) in [6.07, 6.45) is 0. The number of thiocarbonyl (C=S) groups is 2. The van der Waals surface area contributed by atoms with E-state index in [1.165, 1.54) is 0 Å². The number of nitrogens with one attached hydrogen (secondary N) is 2. The van der Waals surface area contributed by atoms with E-state index in [2.05, 4.69) is 45.5 Å². The number of ether oxygens (including phenoxy) is 2. The zero-order valence-corrected chi connectivity index (χ0v) is 18.9. The van der Waals surface area contributed by atoms with Crippen molar-refractivity contribution in [3.05, 3.63) is 59.7 Å². The first-order valence-corrected chi connectivity index (χ1v) is 9.56. The molecule has 2 aromatic carbocycles. The summed E-state index contributed by atoms with van der Waals surface area (Å²) in [5, 5.41) is 8.33. The molecule has 8 nitrogen and oxygen atoms in total. The lowest BCUT2D eigenvalue weighted by molar-refractivity contribution is 0.414. The molecule has 0 saturated carbocycles. The summed E-state index contributed by atoms with van der Waals surface area (Å²) in [6.45, 7) is 3.74. The van der Waals surface area contributed by atoms with E-state index in [9.17, 15) is 0 Å². The van der Waals surface area contributed by atoms with Gasteiger partial charge in [0, 0.05) is 0 Å². The molecule has 0 unspecified atom stereocenters. The molecule has 0 radical (unpaired) electrons. The van der Waals surface area contributed by atoms with Gasteiger partial charge >= 0.3 is 0 Å². The first-order valence-electron chi connectivity index (χ1n) is 8.75. The smallest absolute Gasteiger partial charge is 0.184 e. The minimum absolute atomic E-state index is 0.155. The van der Waals surface area contributed by atoms with Crippen LogP contribution in [0.15, 0.2) is 58.7 Å². The summed E-state index contributed by atoms with van der Waals surface area (Å²) >= 11 is 9.29. The van der Waals surface area contributed by atoms with Gasteiger partial charge in [-0.2, -0.15) is 10.2 Å². The molecule has 0 saturated heterocycles. The molecule has 0 bridgehead atoms. The third-order valence-corrected chi connectivity index (χ3v) is 3.87. The molecule has 2 rings (SSSR count). The van der Waals surface area contributed by atoms with Crippen LogP contribution in [-0.4, -0.2) is 35.9 Å². The number of methoxy groups -OCH3 is 2. The highest BCUT2D eigenvalue weighted by Crippen LogP contribution is 2.12. The molecule has 0 spiro atoms. The lowest BCUT2D eigenvalue weighted by Crippen LogP contribution is -2.25. The molecule has 0 aliphatic carbocycles. The van der Waals surface area contributed by atoms with Crippen LogP contribution in [0.1, 0.15) is 25.0 Å². The maximum atomic E-state index is 5.26. The Hall–Kier alpha value is -3.24. The molecule has 0 aliphatic heterocycles. The Balaban J connectivity index is 0.000000300. The van der Waals surface area contributed by atoms with Gasteiger partial charge in [-0.05, 0) is 97.9 Å². The molecule has 6 N–H and O–H groups in total. The van der Waals surface area contributed by atoms with E-state index in [4.69, 9.17) is 20.9 Å². The Morgan fingerprint density at radius 2 is 1.00 bits per heavy atom. The van der Waals surface area contributed by atoms with Crippen LogP contribution in [0, 0.1) is 0 Å². The van der Waals surface area contributed by atoms with Crippen LogP contribution >= 0.6 is 24.4 Å². The van der Waals surface area contributed by atoms with Crippen molar-refractivity contribution in [2.24, 2.45) is 21.7 Å². The SMILES string of the molecule is COc1ccc(/C(C)=N/NC(N)=S)cc1.COc1ccc(/C(C)=N/NC(N)=S)cc1. The van der Waals surface area contributed by atoms with Crippen molar-refractivity contribution in [1.82, 2.24) is 10.9 Å². The average molecular weight is 447 g/mol. The average Bonchev–Trinajstić information content (AvgIpc) is 2.76. The van der Waals surface area contributed by atoms with Crippen molar-refractivity contribution in [1.29, 1.82) is 0 Å². The third kappa shape index (κ3) is 9.30. The molecule has 10 heteroatoms. The van der Waals surface area contributed by atoms with Crippen LogP contribution in [0.5, 0.6) is 11.5 Å². The number of hydrazone groups is 2. The summed E-state index contributed by atoms with van der Waals surface area (Å²) in [4.78, 5) is 0. The Morgan fingerprint density at radius 3 is 1.23 bits per heavy atom. The molecular weight excluding hydrogens is 420 g/mol. The number of nitrogens with two attached hydrogens (primary N) is 2. The number of rotatable bonds is 6. The summed E-state index contributed by atoms with van der Waals surface area (Å²) in [5.41, 5.74) is 19.2. The molecule has 160 valence electrons. The van der Waals surface area contributed by atoms with E-state index < -0.39 is 0 Å². The predicted octanol–water partition coefficient (Wildman–Crippen LogP) is 2.50. The maximum Gasteiger partial charge on any atom is 0.184 e. The Morgan fingerprint density at radius 1 is 0.700 bits per heavy atom. The van der Waals surface area contributed by atoms with Crippen LogP contribution in [0.3, 0.4) is 0 Å². The van der Waals surface area contributed by atoms with E-state index in [0.717, 1.165) is 34.0 Å². The lowest BCUT2D eigenvalue weighted by atomic mass is 10.1. The van der Waals surface area contributed by atoms with Crippen LogP contribution in [-0.2, 0) is 0 Å². The fraction of sp³-hybridized carbons (Fsp3) is 0.200. The number of hydrogen-bond donors (Lipinski definition) is 4. The minimum Gasteiger partial charge on any atom is -0.497 e. The van der Waals surface area contributed by atoms with E-state index in [0.29, 0.717) is 0 Å². The largest absolute Gasteiger partial charge is 0.497 e. The van der Waals surface area contributed by atoms with E-state index in [1.807, 2.05) is 62.4 Å². The molecule has 0 heterocycles. The second-order valence-corrected chi connectivity index (χ2v) is 6.68. The number of nitrogens with zero attached hydrogens (tertiary/aromatic N) is 2. The maximum absolute atomic E-state index is 5.26. The highest BCUT2D eigenvalue weighted by atomic mass is 32.1. The zero-order chi connectivity index (χ0) is 22.5. The molecule has 0 atom stereocenters. The molecule has 2 aromatic rings. The zero-order valence-electron chi connectivity index (χ0n) is 17.3. The van der Waals surface area contributed by atoms with E-state index in [-0.39, 0.29) is 10.2 Å². The van der Waals surface area contributed by atoms with E-state index >= 15 is 0 Å². The summed E-state index contributed by atoms with van der Waals surface area (Å²) in [6, 6.07) is 15.1. The van der Waals surface area contributed by atoms with Gasteiger partial charge in [-0.15, -0.1) is 0 Å². The fourth-order valence-electron chi connectivity index (χ4n) is 2.07. The molecule has 30 heavy (non-hydrogen) atoms. The third-order valence-electron chi connectivity index (χ3n) is 3.68. The monoisotopic (exact) mass is 446 g/mol. The van der Waals surface area contributed by atoms with Gasteiger partial charge in [0.1, 0.15) is 11.5 Å². The number of hydrogen-bond acceptors (Lipinski definition) is 6. The lowest BCUT2D eigenvalue weighted by Gasteiger charge is -2.03. The van der Waals surface area contributed by atoms with Crippen molar-refractivity contribution in [2.45, 2.75) is 13.8 Å². The van der Waals surface area contributed by atoms with Crippen molar-refractivity contribution in [2.75, 3.05) is 14.2 Å². The molecule has 0 amide bonds. The number of benzene rings is 2. The van der Waals surface area contributed by atoms with Gasteiger partial charge in [-0.1, -0.05) is 0 Å². The van der Waals surface area contributed by atoms with E-state index in [1.54, 1.807) is 14.2 Å². The minimum atomic E-state index is 0.155. The first-order chi connectivity index (χ1) is 14.3. The summed E-state index contributed by atoms with van der Waals surface area (Å²) in [5.74, 6) is 1.63. The summed E-state index contributed by atoms with van der Waals surface area (Å²) in [7, 11) is 3.26. The van der Waals surface area contributed by atoms with Gasteiger partial charge in [0.05, 0.1) is 25.6 Å². The highest BCUT2D eigenvalue weighted by molar-refractivity contribution is 7.80. The van der Waals surface area contributed by atoms with Crippen LogP contribution < -0.4 is 31.8 Å². The van der Waals surface area contributed by atoms with Crippen molar-refractivity contribution < 1.29 is 9.47 Å². The topological polar surface area (TPSA) is 119 Å². The highest BCUT2D eigenvalue weighted by Gasteiger charge is 1.99. The van der Waals surface area contributed by atoms with Gasteiger partial charge in [0.2, 0.25) is 0 Å². The Labute approximate surface area is 187 Å².